The summed E-state index contributed by atoms with van der Waals surface area (Å²) >= 11 is 0. The highest BCUT2D eigenvalue weighted by molar-refractivity contribution is 6.11. The molecule has 0 aliphatic carbocycles. The van der Waals surface area contributed by atoms with Crippen LogP contribution >= 0.6 is 0 Å². The monoisotopic (exact) mass is 410 g/mol. The summed E-state index contributed by atoms with van der Waals surface area (Å²) in [6, 6.07) is 14.4. The van der Waals surface area contributed by atoms with Gasteiger partial charge in [-0.3, -0.25) is 0 Å². The largest absolute Gasteiger partial charge is 0.490 e. The van der Waals surface area contributed by atoms with Gasteiger partial charge in [0.15, 0.2) is 0 Å². The summed E-state index contributed by atoms with van der Waals surface area (Å²) in [7, 11) is 0. The second kappa shape index (κ2) is 10.6. The molecule has 0 fully saturated rings. The lowest BCUT2D eigenvalue weighted by atomic mass is 9.98. The van der Waals surface area contributed by atoms with Crippen LogP contribution in [0.1, 0.15) is 52.0 Å². The Bertz CT molecular complexity index is 966. The number of hydrogen-bond donors (Lipinski definition) is 2. The van der Waals surface area contributed by atoms with Crippen LogP contribution in [0.5, 0.6) is 11.5 Å². The van der Waals surface area contributed by atoms with Crippen LogP contribution < -0.4 is 9.47 Å². The maximum absolute atomic E-state index is 10.2. The van der Waals surface area contributed by atoms with Gasteiger partial charge in [0.2, 0.25) is 0 Å². The number of aryl methyl sites for hydroxylation is 1. The van der Waals surface area contributed by atoms with Gasteiger partial charge >= 0.3 is 0 Å². The smallest absolute Gasteiger partial charge is 0.135 e. The molecule has 3 aromatic carbocycles. The Balaban J connectivity index is 2.12. The van der Waals surface area contributed by atoms with E-state index in [0.29, 0.717) is 12.8 Å². The molecule has 3 rings (SSSR count). The van der Waals surface area contributed by atoms with Gasteiger partial charge in [0, 0.05) is 21.5 Å². The van der Waals surface area contributed by atoms with Crippen LogP contribution in [0.15, 0.2) is 42.5 Å². The summed E-state index contributed by atoms with van der Waals surface area (Å²) in [5.74, 6) is 1.56. The Morgan fingerprint density at radius 3 is 1.70 bits per heavy atom. The molecule has 0 heterocycles. The Morgan fingerprint density at radius 1 is 0.700 bits per heavy atom. The van der Waals surface area contributed by atoms with Gasteiger partial charge < -0.3 is 19.7 Å². The molecule has 162 valence electrons. The fourth-order valence-corrected chi connectivity index (χ4v) is 3.87. The third-order valence-corrected chi connectivity index (χ3v) is 5.48. The molecule has 0 spiro atoms. The highest BCUT2D eigenvalue weighted by Crippen LogP contribution is 2.43. The van der Waals surface area contributed by atoms with Crippen LogP contribution in [0.3, 0.4) is 0 Å². The predicted octanol–water partition coefficient (Wildman–Crippen LogP) is 5.64. The Kier molecular flexibility index (Phi) is 7.94. The summed E-state index contributed by atoms with van der Waals surface area (Å²) in [6.45, 7) is 6.77. The van der Waals surface area contributed by atoms with E-state index < -0.39 is 12.2 Å². The fourth-order valence-electron chi connectivity index (χ4n) is 3.87. The van der Waals surface area contributed by atoms with Gasteiger partial charge in [0.05, 0.1) is 12.2 Å². The molecule has 2 unspecified atom stereocenters. The molecule has 0 saturated heterocycles. The standard InChI is InChI=1S/C26H34O4/c1-4-9-19(27)16-29-25-21-11-7-8-12-22(21)26(30-17-20(28)10-5-2)24-15-18(6-3)13-14-23(24)25/h7-8,11-15,19-20,27-28H,4-6,9-10,16-17H2,1-3H3. The average molecular weight is 411 g/mol. The van der Waals surface area contributed by atoms with E-state index in [1.807, 2.05) is 24.3 Å². The van der Waals surface area contributed by atoms with E-state index >= 15 is 0 Å². The maximum atomic E-state index is 10.2. The summed E-state index contributed by atoms with van der Waals surface area (Å²) in [6.07, 6.45) is 3.21. The highest BCUT2D eigenvalue weighted by atomic mass is 16.5. The van der Waals surface area contributed by atoms with Crippen molar-refractivity contribution >= 4 is 21.5 Å². The van der Waals surface area contributed by atoms with E-state index in [2.05, 4.69) is 39.0 Å². The molecule has 0 aliphatic rings. The van der Waals surface area contributed by atoms with Gasteiger partial charge in [-0.1, -0.05) is 70.0 Å². The van der Waals surface area contributed by atoms with Crippen LogP contribution in [0.25, 0.3) is 21.5 Å². The van der Waals surface area contributed by atoms with Crippen molar-refractivity contribution in [1.29, 1.82) is 0 Å². The number of hydrogen-bond acceptors (Lipinski definition) is 4. The van der Waals surface area contributed by atoms with Crippen molar-refractivity contribution in [2.45, 2.75) is 65.1 Å². The summed E-state index contributed by atoms with van der Waals surface area (Å²) < 4.78 is 12.4. The number of aliphatic hydroxyl groups excluding tert-OH is 2. The highest BCUT2D eigenvalue weighted by Gasteiger charge is 2.18. The van der Waals surface area contributed by atoms with Crippen molar-refractivity contribution in [3.63, 3.8) is 0 Å². The van der Waals surface area contributed by atoms with Crippen LogP contribution in [-0.4, -0.2) is 35.6 Å². The van der Waals surface area contributed by atoms with Gasteiger partial charge in [0.25, 0.3) is 0 Å². The Morgan fingerprint density at radius 2 is 1.20 bits per heavy atom. The molecule has 3 aromatic rings. The minimum absolute atomic E-state index is 0.262. The summed E-state index contributed by atoms with van der Waals surface area (Å²) in [4.78, 5) is 0. The van der Waals surface area contributed by atoms with Crippen molar-refractivity contribution in [3.05, 3.63) is 48.0 Å². The van der Waals surface area contributed by atoms with Crippen LogP contribution in [-0.2, 0) is 6.42 Å². The molecule has 0 radical (unpaired) electrons. The molecule has 2 N–H and O–H groups in total. The number of ether oxygens (including phenoxy) is 2. The van der Waals surface area contributed by atoms with Gasteiger partial charge in [0.1, 0.15) is 24.7 Å². The Labute approximate surface area is 179 Å². The normalized spacial score (nSPS) is 13.5. The molecule has 4 nitrogen and oxygen atoms in total. The molecule has 0 aromatic heterocycles. The third kappa shape index (κ3) is 5.05. The van der Waals surface area contributed by atoms with Crippen molar-refractivity contribution < 1.29 is 19.7 Å². The van der Waals surface area contributed by atoms with Gasteiger partial charge in [-0.05, 0) is 30.9 Å². The first-order chi connectivity index (χ1) is 14.6. The first-order valence-electron chi connectivity index (χ1n) is 11.2. The SMILES string of the molecule is CCCC(O)COc1c2ccccc2c(OCC(O)CCC)c2cc(CC)ccc12. The number of rotatable bonds is 11. The van der Waals surface area contributed by atoms with Crippen molar-refractivity contribution in [1.82, 2.24) is 0 Å². The van der Waals surface area contributed by atoms with Gasteiger partial charge in [-0.25, -0.2) is 0 Å². The molecule has 4 heteroatoms. The van der Waals surface area contributed by atoms with Crippen LogP contribution in [0.4, 0.5) is 0 Å². The van der Waals surface area contributed by atoms with E-state index in [9.17, 15) is 10.2 Å². The lowest BCUT2D eigenvalue weighted by Crippen LogP contribution is -2.18. The van der Waals surface area contributed by atoms with Gasteiger partial charge in [-0.2, -0.15) is 0 Å². The predicted molar refractivity (Wildman–Crippen MR) is 124 cm³/mol. The maximum Gasteiger partial charge on any atom is 0.135 e. The molecule has 30 heavy (non-hydrogen) atoms. The van der Waals surface area contributed by atoms with Crippen molar-refractivity contribution in [3.8, 4) is 11.5 Å². The molecular weight excluding hydrogens is 376 g/mol. The molecule has 0 saturated carbocycles. The second-order valence-corrected chi connectivity index (χ2v) is 7.94. The van der Waals surface area contributed by atoms with Crippen LogP contribution in [0.2, 0.25) is 0 Å². The van der Waals surface area contributed by atoms with Crippen molar-refractivity contribution in [2.24, 2.45) is 0 Å². The zero-order valence-corrected chi connectivity index (χ0v) is 18.4. The fraction of sp³-hybridized carbons (Fsp3) is 0.462. The average Bonchev–Trinajstić information content (AvgIpc) is 2.76. The third-order valence-electron chi connectivity index (χ3n) is 5.48. The van der Waals surface area contributed by atoms with Crippen LogP contribution in [0, 0.1) is 0 Å². The molecule has 0 aliphatic heterocycles. The lowest BCUT2D eigenvalue weighted by Gasteiger charge is -2.20. The minimum Gasteiger partial charge on any atom is -0.490 e. The minimum atomic E-state index is -0.488. The topological polar surface area (TPSA) is 58.9 Å². The molecule has 0 amide bonds. The van der Waals surface area contributed by atoms with E-state index in [1.165, 1.54) is 5.56 Å². The first-order valence-corrected chi connectivity index (χ1v) is 11.2. The zero-order valence-electron chi connectivity index (χ0n) is 18.4. The quantitative estimate of drug-likeness (QED) is 0.402. The lowest BCUT2D eigenvalue weighted by molar-refractivity contribution is 0.0997. The molecule has 0 bridgehead atoms. The number of aliphatic hydroxyl groups is 2. The van der Waals surface area contributed by atoms with E-state index in [4.69, 9.17) is 9.47 Å². The van der Waals surface area contributed by atoms with E-state index in [-0.39, 0.29) is 13.2 Å². The van der Waals surface area contributed by atoms with E-state index in [1.54, 1.807) is 0 Å². The summed E-state index contributed by atoms with van der Waals surface area (Å²) in [5.41, 5.74) is 1.22. The number of fused-ring (bicyclic) bond motifs is 2. The van der Waals surface area contributed by atoms with Gasteiger partial charge in [-0.15, -0.1) is 0 Å². The number of benzene rings is 3. The molecular formula is C26H34O4. The second-order valence-electron chi connectivity index (χ2n) is 7.94. The van der Waals surface area contributed by atoms with Crippen molar-refractivity contribution in [2.75, 3.05) is 13.2 Å². The summed E-state index contributed by atoms with van der Waals surface area (Å²) in [5, 5.41) is 24.3. The molecule has 2 atom stereocenters. The zero-order chi connectivity index (χ0) is 21.5. The first kappa shape index (κ1) is 22.4. The van der Waals surface area contributed by atoms with E-state index in [0.717, 1.165) is 52.3 Å². The Hall–Kier alpha value is -2.30.